The van der Waals surface area contributed by atoms with Crippen molar-refractivity contribution in [3.63, 3.8) is 0 Å². The quantitative estimate of drug-likeness (QED) is 0.725. The molecule has 16 heavy (non-hydrogen) atoms. The van der Waals surface area contributed by atoms with Crippen molar-refractivity contribution >= 4 is 10.0 Å². The van der Waals surface area contributed by atoms with E-state index in [1.807, 2.05) is 0 Å². The summed E-state index contributed by atoms with van der Waals surface area (Å²) in [6.45, 7) is 2.56. The summed E-state index contributed by atoms with van der Waals surface area (Å²) in [4.78, 5) is 0. The minimum Gasteiger partial charge on any atom is -0.377 e. The van der Waals surface area contributed by atoms with Gasteiger partial charge in [0.05, 0.1) is 11.4 Å². The highest BCUT2D eigenvalue weighted by molar-refractivity contribution is 7.90. The van der Waals surface area contributed by atoms with Gasteiger partial charge in [-0.1, -0.05) is 0 Å². The van der Waals surface area contributed by atoms with Crippen molar-refractivity contribution in [1.82, 2.24) is 10.0 Å². The molecule has 0 amide bonds. The molecule has 2 saturated heterocycles. The van der Waals surface area contributed by atoms with Gasteiger partial charge in [-0.25, -0.2) is 13.1 Å². The summed E-state index contributed by atoms with van der Waals surface area (Å²) in [5.74, 6) is 0. The first-order valence-corrected chi connectivity index (χ1v) is 7.54. The van der Waals surface area contributed by atoms with Gasteiger partial charge in [0.25, 0.3) is 0 Å². The van der Waals surface area contributed by atoms with Crippen molar-refractivity contribution in [3.8, 4) is 0 Å². The molecule has 2 fully saturated rings. The predicted octanol–water partition coefficient (Wildman–Crippen LogP) is -0.163. The normalized spacial score (nSPS) is 31.8. The summed E-state index contributed by atoms with van der Waals surface area (Å²) in [6.07, 6.45) is 3.97. The van der Waals surface area contributed by atoms with Crippen molar-refractivity contribution in [2.24, 2.45) is 0 Å². The first-order valence-electron chi connectivity index (χ1n) is 5.99. The third-order valence-electron chi connectivity index (χ3n) is 3.24. The number of nitrogens with one attached hydrogen (secondary N) is 2. The fourth-order valence-corrected chi connectivity index (χ4v) is 3.61. The summed E-state index contributed by atoms with van der Waals surface area (Å²) in [5.41, 5.74) is 0. The Hall–Kier alpha value is -0.170. The standard InChI is InChI=1S/C10H20N2O3S/c13-16(14,10-4-5-11-8-10)12-7-9-3-1-2-6-15-9/h9-12H,1-8H2. The van der Waals surface area contributed by atoms with Gasteiger partial charge in [0.1, 0.15) is 0 Å². The van der Waals surface area contributed by atoms with E-state index in [0.29, 0.717) is 19.5 Å². The zero-order valence-corrected chi connectivity index (χ0v) is 10.3. The van der Waals surface area contributed by atoms with E-state index >= 15 is 0 Å². The van der Waals surface area contributed by atoms with E-state index < -0.39 is 10.0 Å². The SMILES string of the molecule is O=S(=O)(NCC1CCCCO1)C1CCNC1. The summed E-state index contributed by atoms with van der Waals surface area (Å²) in [7, 11) is -3.15. The van der Waals surface area contributed by atoms with Gasteiger partial charge in [-0.05, 0) is 32.2 Å². The molecule has 0 spiro atoms. The van der Waals surface area contributed by atoms with Crippen molar-refractivity contribution < 1.29 is 13.2 Å². The molecule has 2 aliphatic rings. The largest absolute Gasteiger partial charge is 0.377 e. The van der Waals surface area contributed by atoms with Crippen LogP contribution in [0.2, 0.25) is 0 Å². The van der Waals surface area contributed by atoms with Crippen molar-refractivity contribution in [2.45, 2.75) is 37.0 Å². The van der Waals surface area contributed by atoms with Crippen LogP contribution in [0.5, 0.6) is 0 Å². The van der Waals surface area contributed by atoms with Crippen molar-refractivity contribution in [1.29, 1.82) is 0 Å². The molecule has 0 radical (unpaired) electrons. The Bertz CT molecular complexity index is 306. The molecule has 2 N–H and O–H groups in total. The summed E-state index contributed by atoms with van der Waals surface area (Å²) in [5, 5.41) is 2.80. The highest BCUT2D eigenvalue weighted by atomic mass is 32.2. The number of sulfonamides is 1. The van der Waals surface area contributed by atoms with Gasteiger partial charge in [0.15, 0.2) is 0 Å². The predicted molar refractivity (Wildman–Crippen MR) is 61.8 cm³/mol. The van der Waals surface area contributed by atoms with Gasteiger partial charge in [-0.2, -0.15) is 0 Å². The molecule has 0 aromatic carbocycles. The fraction of sp³-hybridized carbons (Fsp3) is 1.00. The molecule has 0 bridgehead atoms. The van der Waals surface area contributed by atoms with Crippen LogP contribution in [-0.2, 0) is 14.8 Å². The van der Waals surface area contributed by atoms with E-state index in [2.05, 4.69) is 10.0 Å². The summed E-state index contributed by atoms with van der Waals surface area (Å²) < 4.78 is 31.9. The smallest absolute Gasteiger partial charge is 0.215 e. The molecule has 0 saturated carbocycles. The summed E-state index contributed by atoms with van der Waals surface area (Å²) >= 11 is 0. The third-order valence-corrected chi connectivity index (χ3v) is 5.09. The van der Waals surface area contributed by atoms with Crippen LogP contribution < -0.4 is 10.0 Å². The maximum absolute atomic E-state index is 11.9. The van der Waals surface area contributed by atoms with Crippen LogP contribution in [0.4, 0.5) is 0 Å². The van der Waals surface area contributed by atoms with Gasteiger partial charge < -0.3 is 10.1 Å². The number of hydrogen-bond donors (Lipinski definition) is 2. The number of ether oxygens (including phenoxy) is 1. The number of rotatable bonds is 4. The molecule has 2 unspecified atom stereocenters. The Morgan fingerprint density at radius 3 is 2.81 bits per heavy atom. The maximum atomic E-state index is 11.9. The molecule has 2 atom stereocenters. The first-order chi connectivity index (χ1) is 7.68. The highest BCUT2D eigenvalue weighted by Crippen LogP contribution is 2.13. The first kappa shape index (κ1) is 12.3. The van der Waals surface area contributed by atoms with Crippen LogP contribution >= 0.6 is 0 Å². The van der Waals surface area contributed by atoms with E-state index in [1.165, 1.54) is 0 Å². The van der Waals surface area contributed by atoms with Crippen LogP contribution in [0.25, 0.3) is 0 Å². The zero-order valence-electron chi connectivity index (χ0n) is 9.44. The van der Waals surface area contributed by atoms with Crippen molar-refractivity contribution in [3.05, 3.63) is 0 Å². The number of hydrogen-bond acceptors (Lipinski definition) is 4. The van der Waals surface area contributed by atoms with Crippen molar-refractivity contribution in [2.75, 3.05) is 26.2 Å². The average molecular weight is 248 g/mol. The molecule has 94 valence electrons. The van der Waals surface area contributed by atoms with E-state index in [4.69, 9.17) is 4.74 Å². The van der Waals surface area contributed by atoms with Gasteiger partial charge in [-0.15, -0.1) is 0 Å². The Morgan fingerprint density at radius 2 is 2.19 bits per heavy atom. The Balaban J connectivity index is 1.79. The minimum atomic E-state index is -3.15. The molecule has 0 aromatic rings. The van der Waals surface area contributed by atoms with Gasteiger partial charge >= 0.3 is 0 Å². The molecule has 2 heterocycles. The second-order valence-electron chi connectivity index (χ2n) is 4.50. The van der Waals surface area contributed by atoms with Crippen LogP contribution in [0.3, 0.4) is 0 Å². The Morgan fingerprint density at radius 1 is 1.31 bits per heavy atom. The van der Waals surface area contributed by atoms with Gasteiger partial charge in [0.2, 0.25) is 10.0 Å². The second kappa shape index (κ2) is 5.44. The monoisotopic (exact) mass is 248 g/mol. The molecular formula is C10H20N2O3S. The van der Waals surface area contributed by atoms with Crippen LogP contribution in [0.1, 0.15) is 25.7 Å². The Labute approximate surface area is 97.0 Å². The lowest BCUT2D eigenvalue weighted by Gasteiger charge is -2.23. The fourth-order valence-electron chi connectivity index (χ4n) is 2.19. The second-order valence-corrected chi connectivity index (χ2v) is 6.54. The zero-order chi connectivity index (χ0) is 11.4. The van der Waals surface area contributed by atoms with Crippen LogP contribution in [0, 0.1) is 0 Å². The molecule has 2 aliphatic heterocycles. The summed E-state index contributed by atoms with van der Waals surface area (Å²) in [6, 6.07) is 0. The molecule has 2 rings (SSSR count). The lowest BCUT2D eigenvalue weighted by Crippen LogP contribution is -2.41. The molecule has 0 aromatic heterocycles. The molecule has 0 aliphatic carbocycles. The molecule has 5 nitrogen and oxygen atoms in total. The maximum Gasteiger partial charge on any atom is 0.215 e. The topological polar surface area (TPSA) is 67.4 Å². The van der Waals surface area contributed by atoms with Crippen LogP contribution in [0.15, 0.2) is 0 Å². The molecular weight excluding hydrogens is 228 g/mol. The van der Waals surface area contributed by atoms with E-state index in [-0.39, 0.29) is 11.4 Å². The third kappa shape index (κ3) is 3.16. The minimum absolute atomic E-state index is 0.0675. The highest BCUT2D eigenvalue weighted by Gasteiger charge is 2.29. The van der Waals surface area contributed by atoms with E-state index in [0.717, 1.165) is 32.4 Å². The van der Waals surface area contributed by atoms with Gasteiger partial charge in [0, 0.05) is 19.7 Å². The lowest BCUT2D eigenvalue weighted by molar-refractivity contribution is 0.0200. The molecule has 6 heteroatoms. The lowest BCUT2D eigenvalue weighted by atomic mass is 10.1. The van der Waals surface area contributed by atoms with E-state index in [1.54, 1.807) is 0 Å². The average Bonchev–Trinajstić information content (AvgIpc) is 2.82. The van der Waals surface area contributed by atoms with E-state index in [9.17, 15) is 8.42 Å². The van der Waals surface area contributed by atoms with Gasteiger partial charge in [-0.3, -0.25) is 0 Å². The van der Waals surface area contributed by atoms with Crippen LogP contribution in [-0.4, -0.2) is 46.0 Å². The Kier molecular flexibility index (Phi) is 4.18.